The van der Waals surface area contributed by atoms with Gasteiger partial charge in [0.15, 0.2) is 0 Å². The number of aromatic nitrogens is 2. The van der Waals surface area contributed by atoms with E-state index >= 15 is 0 Å². The third-order valence-corrected chi connectivity index (χ3v) is 4.64. The SMILES string of the molecule is O=C(O)c1ccc(CN2CCC(CCn3cccn3)CC2)cc1. The van der Waals surface area contributed by atoms with Gasteiger partial charge in [0.05, 0.1) is 5.56 Å². The van der Waals surface area contributed by atoms with Crippen LogP contribution < -0.4 is 0 Å². The van der Waals surface area contributed by atoms with Crippen LogP contribution >= 0.6 is 0 Å². The molecule has 0 aliphatic carbocycles. The summed E-state index contributed by atoms with van der Waals surface area (Å²) in [5.41, 5.74) is 1.54. The van der Waals surface area contributed by atoms with Crippen LogP contribution in [0.3, 0.4) is 0 Å². The Balaban J connectivity index is 1.42. The van der Waals surface area contributed by atoms with Gasteiger partial charge in [-0.2, -0.15) is 5.10 Å². The van der Waals surface area contributed by atoms with Crippen LogP contribution in [0.1, 0.15) is 35.2 Å². The Morgan fingerprint density at radius 1 is 1.22 bits per heavy atom. The molecule has 0 amide bonds. The summed E-state index contributed by atoms with van der Waals surface area (Å²) in [4.78, 5) is 13.3. The number of carbonyl (C=O) groups is 1. The van der Waals surface area contributed by atoms with Gasteiger partial charge < -0.3 is 5.11 Å². The first kappa shape index (κ1) is 15.7. The van der Waals surface area contributed by atoms with Crippen LogP contribution in [0.4, 0.5) is 0 Å². The Morgan fingerprint density at radius 3 is 2.57 bits per heavy atom. The van der Waals surface area contributed by atoms with Gasteiger partial charge in [-0.25, -0.2) is 4.79 Å². The summed E-state index contributed by atoms with van der Waals surface area (Å²) < 4.78 is 2.01. The predicted octanol–water partition coefficient (Wildman–Crippen LogP) is 2.88. The van der Waals surface area contributed by atoms with Crippen LogP contribution in [-0.4, -0.2) is 38.8 Å². The van der Waals surface area contributed by atoms with Crippen molar-refractivity contribution in [3.63, 3.8) is 0 Å². The molecule has 3 rings (SSSR count). The van der Waals surface area contributed by atoms with Gasteiger partial charge in [-0.15, -0.1) is 0 Å². The van der Waals surface area contributed by atoms with E-state index in [-0.39, 0.29) is 0 Å². The summed E-state index contributed by atoms with van der Waals surface area (Å²) in [5.74, 6) is -0.0839. The Kier molecular flexibility index (Phi) is 5.08. The maximum Gasteiger partial charge on any atom is 0.335 e. The van der Waals surface area contributed by atoms with E-state index in [0.29, 0.717) is 5.56 Å². The van der Waals surface area contributed by atoms with Gasteiger partial charge in [0.25, 0.3) is 0 Å². The van der Waals surface area contributed by atoms with E-state index in [4.69, 9.17) is 5.11 Å². The molecule has 0 spiro atoms. The molecule has 1 N–H and O–H groups in total. The Bertz CT molecular complexity index is 614. The average molecular weight is 313 g/mol. The smallest absolute Gasteiger partial charge is 0.335 e. The first-order chi connectivity index (χ1) is 11.2. The zero-order valence-corrected chi connectivity index (χ0v) is 13.3. The van der Waals surface area contributed by atoms with Gasteiger partial charge in [0.2, 0.25) is 0 Å². The highest BCUT2D eigenvalue weighted by Gasteiger charge is 2.19. The summed E-state index contributed by atoms with van der Waals surface area (Å²) in [5, 5.41) is 13.2. The monoisotopic (exact) mass is 313 g/mol. The van der Waals surface area contributed by atoms with Crippen LogP contribution in [0.25, 0.3) is 0 Å². The summed E-state index contributed by atoms with van der Waals surface area (Å²) in [6.07, 6.45) is 7.51. The minimum Gasteiger partial charge on any atom is -0.478 e. The molecule has 1 aromatic heterocycles. The van der Waals surface area contributed by atoms with Crippen molar-refractivity contribution in [1.82, 2.24) is 14.7 Å². The molecule has 1 aliphatic rings. The molecule has 0 radical (unpaired) electrons. The largest absolute Gasteiger partial charge is 0.478 e. The number of piperidine rings is 1. The third kappa shape index (κ3) is 4.42. The minimum atomic E-state index is -0.866. The number of rotatable bonds is 6. The molecule has 1 aromatic carbocycles. The highest BCUT2D eigenvalue weighted by Crippen LogP contribution is 2.22. The van der Waals surface area contributed by atoms with Gasteiger partial charge in [-0.3, -0.25) is 9.58 Å². The number of carboxylic acids is 1. The number of likely N-dealkylation sites (tertiary alicyclic amines) is 1. The van der Waals surface area contributed by atoms with E-state index < -0.39 is 5.97 Å². The van der Waals surface area contributed by atoms with Gasteiger partial charge in [-0.1, -0.05) is 12.1 Å². The first-order valence-corrected chi connectivity index (χ1v) is 8.23. The normalized spacial score (nSPS) is 16.5. The molecule has 2 heterocycles. The molecular formula is C18H23N3O2. The van der Waals surface area contributed by atoms with Crippen LogP contribution in [-0.2, 0) is 13.1 Å². The zero-order valence-electron chi connectivity index (χ0n) is 13.3. The molecule has 2 aromatic rings. The van der Waals surface area contributed by atoms with Crippen LogP contribution in [0.5, 0.6) is 0 Å². The Labute approximate surface area is 136 Å². The number of hydrogen-bond acceptors (Lipinski definition) is 3. The van der Waals surface area contributed by atoms with Gasteiger partial charge in [-0.05, 0) is 62.0 Å². The molecule has 1 saturated heterocycles. The van der Waals surface area contributed by atoms with Crippen molar-refractivity contribution >= 4 is 5.97 Å². The molecular weight excluding hydrogens is 290 g/mol. The Hall–Kier alpha value is -2.14. The molecule has 0 atom stereocenters. The van der Waals surface area contributed by atoms with E-state index in [1.54, 1.807) is 12.1 Å². The molecule has 23 heavy (non-hydrogen) atoms. The number of nitrogens with zero attached hydrogens (tertiary/aromatic N) is 3. The van der Waals surface area contributed by atoms with E-state index in [1.807, 2.05) is 35.3 Å². The number of aryl methyl sites for hydroxylation is 1. The standard InChI is InChI=1S/C18H23N3O2/c22-18(23)17-4-2-16(3-5-17)14-20-11-6-15(7-12-20)8-13-21-10-1-9-19-21/h1-5,9-10,15H,6-8,11-14H2,(H,22,23). The Morgan fingerprint density at radius 2 is 1.96 bits per heavy atom. The molecule has 1 aliphatic heterocycles. The van der Waals surface area contributed by atoms with Crippen molar-refractivity contribution in [1.29, 1.82) is 0 Å². The molecule has 0 unspecified atom stereocenters. The van der Waals surface area contributed by atoms with Crippen LogP contribution in [0, 0.1) is 5.92 Å². The number of hydrogen-bond donors (Lipinski definition) is 1. The maximum atomic E-state index is 10.9. The molecule has 1 fully saturated rings. The lowest BCUT2D eigenvalue weighted by atomic mass is 9.93. The van der Waals surface area contributed by atoms with Crippen molar-refractivity contribution < 1.29 is 9.90 Å². The highest BCUT2D eigenvalue weighted by molar-refractivity contribution is 5.87. The lowest BCUT2D eigenvalue weighted by molar-refractivity contribution is 0.0697. The van der Waals surface area contributed by atoms with E-state index in [2.05, 4.69) is 10.00 Å². The molecule has 122 valence electrons. The van der Waals surface area contributed by atoms with Gasteiger partial charge in [0, 0.05) is 25.5 Å². The van der Waals surface area contributed by atoms with Gasteiger partial charge >= 0.3 is 5.97 Å². The molecule has 0 bridgehead atoms. The highest BCUT2D eigenvalue weighted by atomic mass is 16.4. The fraction of sp³-hybridized carbons (Fsp3) is 0.444. The fourth-order valence-electron chi connectivity index (χ4n) is 3.19. The van der Waals surface area contributed by atoms with E-state index in [1.165, 1.54) is 24.8 Å². The van der Waals surface area contributed by atoms with E-state index in [0.717, 1.165) is 32.1 Å². The van der Waals surface area contributed by atoms with Crippen LogP contribution in [0.15, 0.2) is 42.7 Å². The quantitative estimate of drug-likeness (QED) is 0.891. The third-order valence-electron chi connectivity index (χ3n) is 4.64. The van der Waals surface area contributed by atoms with Gasteiger partial charge in [0.1, 0.15) is 0 Å². The average Bonchev–Trinajstić information content (AvgIpc) is 3.08. The first-order valence-electron chi connectivity index (χ1n) is 8.23. The molecule has 0 saturated carbocycles. The summed E-state index contributed by atoms with van der Waals surface area (Å²) in [6.45, 7) is 4.15. The topological polar surface area (TPSA) is 58.4 Å². The van der Waals surface area contributed by atoms with Crippen molar-refractivity contribution in [3.05, 3.63) is 53.9 Å². The van der Waals surface area contributed by atoms with Crippen molar-refractivity contribution in [2.75, 3.05) is 13.1 Å². The van der Waals surface area contributed by atoms with E-state index in [9.17, 15) is 4.79 Å². The van der Waals surface area contributed by atoms with Crippen molar-refractivity contribution in [2.45, 2.75) is 32.4 Å². The summed E-state index contributed by atoms with van der Waals surface area (Å²) in [7, 11) is 0. The zero-order chi connectivity index (χ0) is 16.1. The number of benzene rings is 1. The van der Waals surface area contributed by atoms with Crippen molar-refractivity contribution in [2.24, 2.45) is 5.92 Å². The van der Waals surface area contributed by atoms with Crippen molar-refractivity contribution in [3.8, 4) is 0 Å². The fourth-order valence-corrected chi connectivity index (χ4v) is 3.19. The second-order valence-corrected chi connectivity index (χ2v) is 6.28. The number of carboxylic acid groups (broad SMARTS) is 1. The second kappa shape index (κ2) is 7.42. The van der Waals surface area contributed by atoms with Crippen LogP contribution in [0.2, 0.25) is 0 Å². The summed E-state index contributed by atoms with van der Waals surface area (Å²) in [6, 6.07) is 9.20. The molecule has 5 nitrogen and oxygen atoms in total. The lowest BCUT2D eigenvalue weighted by Gasteiger charge is -2.32. The molecule has 5 heteroatoms. The summed E-state index contributed by atoms with van der Waals surface area (Å²) >= 11 is 0. The number of aromatic carboxylic acids is 1. The maximum absolute atomic E-state index is 10.9. The minimum absolute atomic E-state index is 0.353. The predicted molar refractivity (Wildman–Crippen MR) is 88.2 cm³/mol. The second-order valence-electron chi connectivity index (χ2n) is 6.28. The lowest BCUT2D eigenvalue weighted by Crippen LogP contribution is -2.33.